The van der Waals surface area contributed by atoms with Crippen molar-refractivity contribution in [2.24, 2.45) is 0 Å². The first-order valence-electron chi connectivity index (χ1n) is 9.22. The molecule has 0 bridgehead atoms. The number of rotatable bonds is 4. The van der Waals surface area contributed by atoms with Crippen LogP contribution >= 0.6 is 0 Å². The number of hydrogen-bond donors (Lipinski definition) is 1. The Labute approximate surface area is 162 Å². The first-order valence-corrected chi connectivity index (χ1v) is 11.0. The van der Waals surface area contributed by atoms with E-state index in [4.69, 9.17) is 0 Å². The van der Waals surface area contributed by atoms with Gasteiger partial charge in [-0.25, -0.2) is 8.42 Å². The fourth-order valence-corrected chi connectivity index (χ4v) is 5.50. The average molecular weight is 419 g/mol. The zero-order valence-corrected chi connectivity index (χ0v) is 16.4. The zero-order valence-electron chi connectivity index (χ0n) is 15.6. The van der Waals surface area contributed by atoms with Gasteiger partial charge in [0.2, 0.25) is 5.91 Å². The van der Waals surface area contributed by atoms with Gasteiger partial charge in [-0.1, -0.05) is 6.07 Å². The maximum absolute atomic E-state index is 12.8. The van der Waals surface area contributed by atoms with Crippen LogP contribution in [0.1, 0.15) is 18.9 Å². The molecule has 1 amide bonds. The molecule has 10 heteroatoms. The van der Waals surface area contributed by atoms with Crippen LogP contribution in [0.2, 0.25) is 0 Å². The molecular weight excluding hydrogens is 395 g/mol. The van der Waals surface area contributed by atoms with Crippen LogP contribution in [0.4, 0.5) is 18.9 Å². The van der Waals surface area contributed by atoms with E-state index in [1.807, 2.05) is 4.90 Å². The third kappa shape index (κ3) is 5.03. The summed E-state index contributed by atoms with van der Waals surface area (Å²) in [6.07, 6.45) is -3.82. The molecule has 0 aromatic heterocycles. The van der Waals surface area contributed by atoms with E-state index in [-0.39, 0.29) is 29.1 Å². The van der Waals surface area contributed by atoms with Gasteiger partial charge in [-0.3, -0.25) is 14.6 Å². The summed E-state index contributed by atoms with van der Waals surface area (Å²) in [5, 5.41) is 2.56. The molecule has 2 fully saturated rings. The van der Waals surface area contributed by atoms with Gasteiger partial charge in [0, 0.05) is 37.9 Å². The summed E-state index contributed by atoms with van der Waals surface area (Å²) in [7, 11) is -2.94. The molecule has 0 saturated carbocycles. The van der Waals surface area contributed by atoms with Crippen molar-refractivity contribution in [1.82, 2.24) is 9.80 Å². The molecule has 28 heavy (non-hydrogen) atoms. The van der Waals surface area contributed by atoms with Crippen molar-refractivity contribution in [2.75, 3.05) is 43.0 Å². The number of nitrogens with one attached hydrogen (secondary N) is 1. The lowest BCUT2D eigenvalue weighted by Crippen LogP contribution is -2.55. The fraction of sp³-hybridized carbons (Fsp3) is 0.611. The number of benzene rings is 1. The summed E-state index contributed by atoms with van der Waals surface area (Å²) in [6, 6.07) is 4.12. The normalized spacial score (nSPS) is 24.8. The molecule has 3 rings (SSSR count). The molecule has 156 valence electrons. The van der Waals surface area contributed by atoms with Crippen LogP contribution in [0.5, 0.6) is 0 Å². The summed E-state index contributed by atoms with van der Waals surface area (Å²) in [4.78, 5) is 16.6. The largest absolute Gasteiger partial charge is 0.416 e. The molecule has 6 nitrogen and oxygen atoms in total. The third-order valence-corrected chi connectivity index (χ3v) is 7.21. The Bertz CT molecular complexity index is 821. The van der Waals surface area contributed by atoms with Crippen molar-refractivity contribution in [3.8, 4) is 0 Å². The van der Waals surface area contributed by atoms with Crippen LogP contribution in [0, 0.1) is 0 Å². The van der Waals surface area contributed by atoms with E-state index in [9.17, 15) is 26.4 Å². The van der Waals surface area contributed by atoms with Crippen LogP contribution in [-0.2, 0) is 20.8 Å². The van der Waals surface area contributed by atoms with Gasteiger partial charge in [-0.15, -0.1) is 0 Å². The maximum atomic E-state index is 12.8. The lowest BCUT2D eigenvalue weighted by molar-refractivity contribution is -0.137. The number of carbonyl (C=O) groups excluding carboxylic acids is 1. The molecule has 0 radical (unpaired) electrons. The molecule has 2 saturated heterocycles. The van der Waals surface area contributed by atoms with Gasteiger partial charge in [0.15, 0.2) is 9.84 Å². The van der Waals surface area contributed by atoms with Crippen molar-refractivity contribution in [2.45, 2.75) is 31.6 Å². The first kappa shape index (κ1) is 21.1. The van der Waals surface area contributed by atoms with E-state index in [1.165, 1.54) is 12.1 Å². The van der Waals surface area contributed by atoms with Crippen LogP contribution in [0.15, 0.2) is 24.3 Å². The van der Waals surface area contributed by atoms with Crippen molar-refractivity contribution in [3.05, 3.63) is 29.8 Å². The maximum Gasteiger partial charge on any atom is 0.416 e. The predicted molar refractivity (Wildman–Crippen MR) is 99.7 cm³/mol. The van der Waals surface area contributed by atoms with Gasteiger partial charge >= 0.3 is 6.18 Å². The number of hydrogen-bond acceptors (Lipinski definition) is 5. The van der Waals surface area contributed by atoms with Crippen LogP contribution in [0.25, 0.3) is 0 Å². The Balaban J connectivity index is 1.54. The van der Waals surface area contributed by atoms with Gasteiger partial charge in [-0.2, -0.15) is 13.2 Å². The number of carbonyl (C=O) groups is 1. The number of alkyl halides is 3. The molecule has 1 aromatic rings. The molecule has 0 spiro atoms. The Morgan fingerprint density at radius 1 is 1.21 bits per heavy atom. The monoisotopic (exact) mass is 419 g/mol. The van der Waals surface area contributed by atoms with Gasteiger partial charge in [0.05, 0.1) is 23.1 Å². The van der Waals surface area contributed by atoms with E-state index >= 15 is 0 Å². The third-order valence-electron chi connectivity index (χ3n) is 5.46. The summed E-state index contributed by atoms with van der Waals surface area (Å²) >= 11 is 0. The highest BCUT2D eigenvalue weighted by Gasteiger charge is 2.35. The Kier molecular flexibility index (Phi) is 6.02. The second-order valence-electron chi connectivity index (χ2n) is 7.37. The number of nitrogens with zero attached hydrogens (tertiary/aromatic N) is 2. The van der Waals surface area contributed by atoms with Crippen LogP contribution < -0.4 is 5.32 Å². The highest BCUT2D eigenvalue weighted by molar-refractivity contribution is 7.91. The minimum absolute atomic E-state index is 0.0430. The second kappa shape index (κ2) is 8.00. The molecule has 2 aliphatic heterocycles. The molecule has 2 atom stereocenters. The van der Waals surface area contributed by atoms with Crippen molar-refractivity contribution < 1.29 is 26.4 Å². The van der Waals surface area contributed by atoms with Gasteiger partial charge in [0.25, 0.3) is 0 Å². The molecule has 2 aliphatic rings. The second-order valence-corrected chi connectivity index (χ2v) is 9.60. The minimum Gasteiger partial charge on any atom is -0.325 e. The number of sulfone groups is 1. The van der Waals surface area contributed by atoms with E-state index in [0.29, 0.717) is 32.6 Å². The van der Waals surface area contributed by atoms with Crippen molar-refractivity contribution in [1.29, 1.82) is 0 Å². The van der Waals surface area contributed by atoms with Crippen molar-refractivity contribution >= 4 is 21.4 Å². The number of halogens is 3. The Hall–Kier alpha value is -1.65. The molecule has 2 heterocycles. The van der Waals surface area contributed by atoms with Gasteiger partial charge in [-0.05, 0) is 31.5 Å². The van der Waals surface area contributed by atoms with E-state index in [0.717, 1.165) is 12.1 Å². The lowest BCUT2D eigenvalue weighted by atomic mass is 10.1. The van der Waals surface area contributed by atoms with E-state index in [1.54, 1.807) is 6.92 Å². The lowest BCUT2D eigenvalue weighted by Gasteiger charge is -2.39. The summed E-state index contributed by atoms with van der Waals surface area (Å²) < 4.78 is 61.7. The molecular formula is C18H24F3N3O3S. The molecule has 0 aliphatic carbocycles. The van der Waals surface area contributed by atoms with Gasteiger partial charge in [0.1, 0.15) is 0 Å². The summed E-state index contributed by atoms with van der Waals surface area (Å²) in [5.41, 5.74) is -0.695. The van der Waals surface area contributed by atoms with Crippen molar-refractivity contribution in [3.63, 3.8) is 0 Å². The number of amides is 1. The van der Waals surface area contributed by atoms with E-state index < -0.39 is 27.6 Å². The summed E-state index contributed by atoms with van der Waals surface area (Å²) in [5.74, 6) is 0.0583. The standard InChI is InChI=1S/C18H24F3N3O3S/c1-13(17(25)22-15-4-2-3-14(11-15)18(19,20)21)23-6-8-24(9-7-23)16-5-10-28(26,27)12-16/h2-4,11,13,16H,5-10,12H2,1H3,(H,22,25). The Morgan fingerprint density at radius 3 is 2.46 bits per heavy atom. The first-order chi connectivity index (χ1) is 13.0. The molecule has 2 unspecified atom stereocenters. The molecule has 1 N–H and O–H groups in total. The number of piperazine rings is 1. The smallest absolute Gasteiger partial charge is 0.325 e. The average Bonchev–Trinajstić information content (AvgIpc) is 3.00. The molecule has 1 aromatic carbocycles. The quantitative estimate of drug-likeness (QED) is 0.807. The zero-order chi connectivity index (χ0) is 20.5. The highest BCUT2D eigenvalue weighted by Crippen LogP contribution is 2.30. The minimum atomic E-state index is -4.46. The predicted octanol–water partition coefficient (Wildman–Crippen LogP) is 1.84. The van der Waals surface area contributed by atoms with Gasteiger partial charge < -0.3 is 5.32 Å². The fourth-order valence-electron chi connectivity index (χ4n) is 3.74. The number of anilines is 1. The van der Waals surface area contributed by atoms with Crippen LogP contribution in [-0.4, -0.2) is 73.9 Å². The summed E-state index contributed by atoms with van der Waals surface area (Å²) in [6.45, 7) is 4.27. The SMILES string of the molecule is CC(C(=O)Nc1cccc(C(F)(F)F)c1)N1CCN(C2CCS(=O)(=O)C2)CC1. The topological polar surface area (TPSA) is 69.7 Å². The Morgan fingerprint density at radius 2 is 1.89 bits per heavy atom. The van der Waals surface area contributed by atoms with E-state index in [2.05, 4.69) is 10.2 Å². The van der Waals surface area contributed by atoms with Crippen LogP contribution in [0.3, 0.4) is 0 Å². The highest BCUT2D eigenvalue weighted by atomic mass is 32.2.